The number of halogens is 1. The normalized spacial score (nSPS) is 13.6. The van der Waals surface area contributed by atoms with Crippen LogP contribution >= 0.6 is 0 Å². The Morgan fingerprint density at radius 3 is 2.84 bits per heavy atom. The Balaban J connectivity index is 1.80. The predicted molar refractivity (Wildman–Crippen MR) is 91.4 cm³/mol. The van der Waals surface area contributed by atoms with Crippen molar-refractivity contribution in [2.75, 3.05) is 0 Å². The highest BCUT2D eigenvalue weighted by atomic mass is 19.1. The maximum atomic E-state index is 13.9. The summed E-state index contributed by atoms with van der Waals surface area (Å²) in [5.74, 6) is -0.887. The second-order valence-corrected chi connectivity index (χ2v) is 5.88. The van der Waals surface area contributed by atoms with Crippen LogP contribution in [0.25, 0.3) is 11.2 Å². The Kier molecular flexibility index (Phi) is 4.76. The number of fused-ring (bicyclic) bond motifs is 1. The minimum absolute atomic E-state index is 0.160. The largest absolute Gasteiger partial charge is 0.386 e. The van der Waals surface area contributed by atoms with Gasteiger partial charge in [-0.2, -0.15) is 0 Å². The number of aryl methyl sites for hydroxylation is 1. The zero-order valence-electron chi connectivity index (χ0n) is 14.0. The van der Waals surface area contributed by atoms with Crippen molar-refractivity contribution >= 4 is 17.1 Å². The standard InChI is InChI=1S/C18H19FN4O2/c1-3-14(16(24)12-6-4-5-7-13(12)19)22-18(25)11-8-15-17(20-9-11)23(2)10-21-15/h4-10,14,16,24H,3H2,1-2H3,(H,22,25)/t14-,16+/m1/s1. The van der Waals surface area contributed by atoms with E-state index in [1.165, 1.54) is 18.3 Å². The van der Waals surface area contributed by atoms with Gasteiger partial charge in [-0.15, -0.1) is 0 Å². The molecule has 0 aliphatic heterocycles. The van der Waals surface area contributed by atoms with E-state index < -0.39 is 18.0 Å². The molecule has 0 radical (unpaired) electrons. The van der Waals surface area contributed by atoms with Crippen LogP contribution in [0.2, 0.25) is 0 Å². The molecule has 0 fully saturated rings. The Morgan fingerprint density at radius 1 is 1.36 bits per heavy atom. The number of rotatable bonds is 5. The van der Waals surface area contributed by atoms with Gasteiger partial charge in [0.25, 0.3) is 5.91 Å². The van der Waals surface area contributed by atoms with E-state index >= 15 is 0 Å². The van der Waals surface area contributed by atoms with Gasteiger partial charge in [-0.05, 0) is 18.6 Å². The van der Waals surface area contributed by atoms with E-state index in [-0.39, 0.29) is 11.5 Å². The first-order valence-electron chi connectivity index (χ1n) is 8.01. The molecule has 0 bridgehead atoms. The van der Waals surface area contributed by atoms with Crippen LogP contribution in [-0.2, 0) is 7.05 Å². The van der Waals surface area contributed by atoms with Gasteiger partial charge >= 0.3 is 0 Å². The molecule has 1 amide bonds. The summed E-state index contributed by atoms with van der Waals surface area (Å²) >= 11 is 0. The van der Waals surface area contributed by atoms with E-state index in [0.717, 1.165) is 0 Å². The molecule has 3 rings (SSSR count). The van der Waals surface area contributed by atoms with Crippen molar-refractivity contribution in [3.63, 3.8) is 0 Å². The second kappa shape index (κ2) is 6.98. The van der Waals surface area contributed by atoms with Crippen molar-refractivity contribution in [2.24, 2.45) is 7.05 Å². The number of carbonyl (C=O) groups excluding carboxylic acids is 1. The van der Waals surface area contributed by atoms with Gasteiger partial charge in [0.1, 0.15) is 17.4 Å². The van der Waals surface area contributed by atoms with E-state index in [4.69, 9.17) is 0 Å². The van der Waals surface area contributed by atoms with Gasteiger partial charge in [-0.1, -0.05) is 25.1 Å². The molecule has 130 valence electrons. The van der Waals surface area contributed by atoms with Gasteiger partial charge in [0.15, 0.2) is 5.65 Å². The molecule has 1 aromatic carbocycles. The number of imidazole rings is 1. The number of hydrogen-bond acceptors (Lipinski definition) is 4. The summed E-state index contributed by atoms with van der Waals surface area (Å²) in [6.45, 7) is 1.81. The number of aliphatic hydroxyl groups excluding tert-OH is 1. The molecule has 0 spiro atoms. The molecular weight excluding hydrogens is 323 g/mol. The van der Waals surface area contributed by atoms with E-state index in [2.05, 4.69) is 15.3 Å². The lowest BCUT2D eigenvalue weighted by atomic mass is 9.99. The van der Waals surface area contributed by atoms with Crippen LogP contribution in [0.3, 0.4) is 0 Å². The Labute approximate surface area is 144 Å². The lowest BCUT2D eigenvalue weighted by Crippen LogP contribution is -2.39. The molecular formula is C18H19FN4O2. The summed E-state index contributed by atoms with van der Waals surface area (Å²) in [4.78, 5) is 20.9. The second-order valence-electron chi connectivity index (χ2n) is 5.88. The molecule has 3 aromatic rings. The molecule has 2 N–H and O–H groups in total. The minimum Gasteiger partial charge on any atom is -0.386 e. The molecule has 0 saturated heterocycles. The lowest BCUT2D eigenvalue weighted by Gasteiger charge is -2.23. The number of carbonyl (C=O) groups is 1. The summed E-state index contributed by atoms with van der Waals surface area (Å²) in [6, 6.07) is 7.01. The quantitative estimate of drug-likeness (QED) is 0.746. The highest BCUT2D eigenvalue weighted by molar-refractivity contribution is 5.96. The zero-order valence-corrected chi connectivity index (χ0v) is 14.0. The van der Waals surface area contributed by atoms with Gasteiger partial charge in [-0.25, -0.2) is 14.4 Å². The first-order valence-corrected chi connectivity index (χ1v) is 8.01. The van der Waals surface area contributed by atoms with Gasteiger partial charge in [0, 0.05) is 18.8 Å². The van der Waals surface area contributed by atoms with Crippen molar-refractivity contribution in [2.45, 2.75) is 25.5 Å². The number of pyridine rings is 1. The first kappa shape index (κ1) is 17.0. The monoisotopic (exact) mass is 342 g/mol. The number of amides is 1. The van der Waals surface area contributed by atoms with Gasteiger partial charge in [0.2, 0.25) is 0 Å². The van der Waals surface area contributed by atoms with E-state index in [1.807, 2.05) is 14.0 Å². The third-order valence-corrected chi connectivity index (χ3v) is 4.17. The predicted octanol–water partition coefficient (Wildman–Crippen LogP) is 2.35. The molecule has 2 heterocycles. The van der Waals surface area contributed by atoms with Crippen LogP contribution < -0.4 is 5.32 Å². The maximum absolute atomic E-state index is 13.9. The number of aliphatic hydroxyl groups is 1. The summed E-state index contributed by atoms with van der Waals surface area (Å²) in [7, 11) is 1.82. The van der Waals surface area contributed by atoms with Crippen molar-refractivity contribution in [3.8, 4) is 0 Å². The van der Waals surface area contributed by atoms with Crippen molar-refractivity contribution < 1.29 is 14.3 Å². The molecule has 7 heteroatoms. The molecule has 2 aromatic heterocycles. The van der Waals surface area contributed by atoms with E-state index in [9.17, 15) is 14.3 Å². The van der Waals surface area contributed by atoms with E-state index in [0.29, 0.717) is 23.1 Å². The number of aromatic nitrogens is 3. The fourth-order valence-corrected chi connectivity index (χ4v) is 2.73. The van der Waals surface area contributed by atoms with Gasteiger partial charge in [-0.3, -0.25) is 4.79 Å². The Morgan fingerprint density at radius 2 is 2.12 bits per heavy atom. The highest BCUT2D eigenvalue weighted by Crippen LogP contribution is 2.22. The summed E-state index contributed by atoms with van der Waals surface area (Å²) in [5, 5.41) is 13.2. The van der Waals surface area contributed by atoms with Crippen LogP contribution in [0.4, 0.5) is 4.39 Å². The number of benzene rings is 1. The molecule has 0 aliphatic carbocycles. The minimum atomic E-state index is -1.14. The number of hydrogen-bond donors (Lipinski definition) is 2. The maximum Gasteiger partial charge on any atom is 0.253 e. The average Bonchev–Trinajstić information content (AvgIpc) is 3.00. The van der Waals surface area contributed by atoms with Crippen LogP contribution in [0, 0.1) is 5.82 Å². The number of nitrogens with zero attached hydrogens (tertiary/aromatic N) is 3. The van der Waals surface area contributed by atoms with Crippen LogP contribution in [0.5, 0.6) is 0 Å². The van der Waals surface area contributed by atoms with Crippen molar-refractivity contribution in [1.82, 2.24) is 19.9 Å². The van der Waals surface area contributed by atoms with Gasteiger partial charge < -0.3 is 15.0 Å². The Bertz CT molecular complexity index is 909. The summed E-state index contributed by atoms with van der Waals surface area (Å²) < 4.78 is 15.6. The fraction of sp³-hybridized carbons (Fsp3) is 0.278. The molecule has 6 nitrogen and oxygen atoms in total. The molecule has 25 heavy (non-hydrogen) atoms. The summed E-state index contributed by atoms with van der Waals surface area (Å²) in [6.07, 6.45) is 2.39. The average molecular weight is 342 g/mol. The Hall–Kier alpha value is -2.80. The SMILES string of the molecule is CC[C@@H](NC(=O)c1cnc2c(c1)ncn2C)[C@@H](O)c1ccccc1F. The smallest absolute Gasteiger partial charge is 0.253 e. The topological polar surface area (TPSA) is 80.0 Å². The van der Waals surface area contributed by atoms with Crippen LogP contribution in [0.1, 0.15) is 35.4 Å². The number of nitrogens with one attached hydrogen (secondary N) is 1. The van der Waals surface area contributed by atoms with Crippen molar-refractivity contribution in [3.05, 3.63) is 59.8 Å². The molecule has 0 saturated carbocycles. The summed E-state index contributed by atoms with van der Waals surface area (Å²) in [5.41, 5.74) is 1.78. The van der Waals surface area contributed by atoms with Crippen LogP contribution in [0.15, 0.2) is 42.9 Å². The zero-order chi connectivity index (χ0) is 18.0. The fourth-order valence-electron chi connectivity index (χ4n) is 2.73. The third kappa shape index (κ3) is 3.36. The third-order valence-electron chi connectivity index (χ3n) is 4.17. The highest BCUT2D eigenvalue weighted by Gasteiger charge is 2.24. The van der Waals surface area contributed by atoms with Crippen LogP contribution in [-0.4, -0.2) is 31.6 Å². The van der Waals surface area contributed by atoms with Gasteiger partial charge in [0.05, 0.1) is 17.9 Å². The van der Waals surface area contributed by atoms with E-state index in [1.54, 1.807) is 29.1 Å². The molecule has 2 atom stereocenters. The molecule has 0 unspecified atom stereocenters. The molecule has 0 aliphatic rings. The first-order chi connectivity index (χ1) is 12.0. The lowest BCUT2D eigenvalue weighted by molar-refractivity contribution is 0.0819. The van der Waals surface area contributed by atoms with Crippen molar-refractivity contribution in [1.29, 1.82) is 0 Å².